The monoisotopic (exact) mass is 303 g/mol. The van der Waals surface area contributed by atoms with Gasteiger partial charge in [-0.3, -0.25) is 0 Å². The summed E-state index contributed by atoms with van der Waals surface area (Å²) < 4.78 is 13.4. The highest BCUT2D eigenvalue weighted by molar-refractivity contribution is 8.02. The van der Waals surface area contributed by atoms with Gasteiger partial charge in [0.1, 0.15) is 10.8 Å². The Labute approximate surface area is 127 Å². The van der Waals surface area contributed by atoms with Gasteiger partial charge in [0.25, 0.3) is 0 Å². The number of anilines is 1. The van der Waals surface area contributed by atoms with E-state index in [0.717, 1.165) is 5.69 Å². The summed E-state index contributed by atoms with van der Waals surface area (Å²) in [5.41, 5.74) is 2.15. The van der Waals surface area contributed by atoms with Crippen LogP contribution in [-0.2, 0) is 0 Å². The highest BCUT2D eigenvalue weighted by atomic mass is 32.2. The standard InChI is InChI=1S/C16H14FNS2/c1-12-6-8-13(9-7-12)18-16(19)10-11-20-15-5-3-2-4-14(15)17/h2-11H,1H3,(H,18,19). The first-order valence-corrected chi connectivity index (χ1v) is 7.39. The highest BCUT2D eigenvalue weighted by Crippen LogP contribution is 2.22. The molecule has 20 heavy (non-hydrogen) atoms. The molecule has 1 N–H and O–H groups in total. The third-order valence-corrected chi connectivity index (χ3v) is 3.67. The molecule has 0 saturated heterocycles. The molecule has 0 aliphatic carbocycles. The van der Waals surface area contributed by atoms with Crippen molar-refractivity contribution in [3.63, 3.8) is 0 Å². The fourth-order valence-corrected chi connectivity index (χ4v) is 2.49. The zero-order valence-electron chi connectivity index (χ0n) is 11.0. The van der Waals surface area contributed by atoms with Crippen molar-refractivity contribution in [1.82, 2.24) is 0 Å². The molecular weight excluding hydrogens is 289 g/mol. The second-order valence-corrected chi connectivity index (χ2v) is 5.59. The minimum atomic E-state index is -0.223. The second kappa shape index (κ2) is 7.22. The molecule has 0 unspecified atom stereocenters. The van der Waals surface area contributed by atoms with E-state index in [-0.39, 0.29) is 5.82 Å². The van der Waals surface area contributed by atoms with Crippen molar-refractivity contribution in [3.8, 4) is 0 Å². The van der Waals surface area contributed by atoms with Crippen LogP contribution in [0.4, 0.5) is 10.1 Å². The van der Waals surface area contributed by atoms with Crippen molar-refractivity contribution in [2.75, 3.05) is 5.32 Å². The summed E-state index contributed by atoms with van der Waals surface area (Å²) in [6.07, 6.45) is 1.76. The molecule has 0 saturated carbocycles. The van der Waals surface area contributed by atoms with Gasteiger partial charge in [0.2, 0.25) is 0 Å². The van der Waals surface area contributed by atoms with Crippen LogP contribution in [0.2, 0.25) is 0 Å². The lowest BCUT2D eigenvalue weighted by Gasteiger charge is -2.04. The molecule has 0 bridgehead atoms. The van der Waals surface area contributed by atoms with Crippen LogP contribution in [0.25, 0.3) is 0 Å². The van der Waals surface area contributed by atoms with Crippen LogP contribution in [0.15, 0.2) is 64.9 Å². The van der Waals surface area contributed by atoms with E-state index in [4.69, 9.17) is 12.2 Å². The summed E-state index contributed by atoms with van der Waals surface area (Å²) in [5.74, 6) is -0.223. The minimum Gasteiger partial charge on any atom is -0.347 e. The van der Waals surface area contributed by atoms with E-state index >= 15 is 0 Å². The van der Waals surface area contributed by atoms with Gasteiger partial charge in [-0.25, -0.2) is 4.39 Å². The molecule has 0 aliphatic heterocycles. The average Bonchev–Trinajstić information content (AvgIpc) is 2.43. The van der Waals surface area contributed by atoms with E-state index in [1.54, 1.807) is 23.6 Å². The normalized spacial score (nSPS) is 10.7. The molecular formula is C16H14FNS2. The van der Waals surface area contributed by atoms with Gasteiger partial charge in [0.15, 0.2) is 0 Å². The maximum absolute atomic E-state index is 13.4. The van der Waals surface area contributed by atoms with Crippen molar-refractivity contribution in [1.29, 1.82) is 0 Å². The number of aryl methyl sites for hydroxylation is 1. The van der Waals surface area contributed by atoms with Gasteiger partial charge < -0.3 is 5.32 Å². The Morgan fingerprint density at radius 3 is 2.55 bits per heavy atom. The van der Waals surface area contributed by atoms with E-state index in [1.165, 1.54) is 23.4 Å². The second-order valence-electron chi connectivity index (χ2n) is 4.21. The minimum absolute atomic E-state index is 0.223. The van der Waals surface area contributed by atoms with Crippen molar-refractivity contribution < 1.29 is 4.39 Å². The Bertz CT molecular complexity index is 621. The summed E-state index contributed by atoms with van der Waals surface area (Å²) in [4.78, 5) is 1.18. The van der Waals surface area contributed by atoms with Crippen molar-refractivity contribution >= 4 is 34.7 Å². The summed E-state index contributed by atoms with van der Waals surface area (Å²) in [6.45, 7) is 2.03. The number of thioether (sulfide) groups is 1. The third-order valence-electron chi connectivity index (χ3n) is 2.57. The molecule has 2 aromatic carbocycles. The molecule has 0 fully saturated rings. The van der Waals surface area contributed by atoms with Crippen molar-refractivity contribution in [2.45, 2.75) is 11.8 Å². The first-order valence-electron chi connectivity index (χ1n) is 6.10. The van der Waals surface area contributed by atoms with E-state index in [0.29, 0.717) is 9.88 Å². The largest absolute Gasteiger partial charge is 0.347 e. The number of hydrogen-bond donors (Lipinski definition) is 1. The average molecular weight is 303 g/mol. The van der Waals surface area contributed by atoms with E-state index < -0.39 is 0 Å². The van der Waals surface area contributed by atoms with Crippen LogP contribution in [0.1, 0.15) is 5.56 Å². The zero-order valence-corrected chi connectivity index (χ0v) is 12.6. The van der Waals surface area contributed by atoms with Crippen LogP contribution >= 0.6 is 24.0 Å². The number of hydrogen-bond acceptors (Lipinski definition) is 2. The number of rotatable bonds is 4. The number of thiocarbonyl (C=S) groups is 1. The molecule has 0 atom stereocenters. The molecule has 2 aromatic rings. The first-order chi connectivity index (χ1) is 9.65. The lowest BCUT2D eigenvalue weighted by Crippen LogP contribution is -2.04. The van der Waals surface area contributed by atoms with Gasteiger partial charge in [0, 0.05) is 10.6 Å². The van der Waals surface area contributed by atoms with Gasteiger partial charge in [-0.1, -0.05) is 53.8 Å². The van der Waals surface area contributed by atoms with Gasteiger partial charge in [-0.05, 0) is 42.7 Å². The summed E-state index contributed by atoms with van der Waals surface area (Å²) >= 11 is 6.52. The summed E-state index contributed by atoms with van der Waals surface area (Å²) in [6, 6.07) is 14.6. The lowest BCUT2D eigenvalue weighted by atomic mass is 10.2. The van der Waals surface area contributed by atoms with E-state index in [1.807, 2.05) is 37.3 Å². The van der Waals surface area contributed by atoms with Crippen molar-refractivity contribution in [2.24, 2.45) is 0 Å². The maximum atomic E-state index is 13.4. The molecule has 102 valence electrons. The van der Waals surface area contributed by atoms with Gasteiger partial charge in [0.05, 0.1) is 0 Å². The van der Waals surface area contributed by atoms with Crippen LogP contribution in [0, 0.1) is 12.7 Å². The number of halogens is 1. The molecule has 0 amide bonds. The molecule has 4 heteroatoms. The SMILES string of the molecule is Cc1ccc(NC(=S)C=CSc2ccccc2F)cc1. The van der Waals surface area contributed by atoms with Gasteiger partial charge in [-0.15, -0.1) is 0 Å². The Morgan fingerprint density at radius 2 is 1.85 bits per heavy atom. The van der Waals surface area contributed by atoms with E-state index in [2.05, 4.69) is 5.32 Å². The predicted molar refractivity (Wildman–Crippen MR) is 88.8 cm³/mol. The Kier molecular flexibility index (Phi) is 5.32. The highest BCUT2D eigenvalue weighted by Gasteiger charge is 1.98. The van der Waals surface area contributed by atoms with Crippen molar-refractivity contribution in [3.05, 3.63) is 71.4 Å². The lowest BCUT2D eigenvalue weighted by molar-refractivity contribution is 0.602. The molecule has 0 aromatic heterocycles. The Hall–Kier alpha value is -1.65. The molecule has 0 radical (unpaired) electrons. The fraction of sp³-hybridized carbons (Fsp3) is 0.0625. The van der Waals surface area contributed by atoms with Crippen LogP contribution < -0.4 is 5.32 Å². The van der Waals surface area contributed by atoms with Gasteiger partial charge >= 0.3 is 0 Å². The van der Waals surface area contributed by atoms with Crippen LogP contribution in [0.3, 0.4) is 0 Å². The van der Waals surface area contributed by atoms with Crippen LogP contribution in [0.5, 0.6) is 0 Å². The smallest absolute Gasteiger partial charge is 0.137 e. The third kappa shape index (κ3) is 4.47. The molecule has 0 heterocycles. The fourth-order valence-electron chi connectivity index (χ4n) is 1.53. The molecule has 0 spiro atoms. The van der Waals surface area contributed by atoms with Crippen LogP contribution in [-0.4, -0.2) is 4.99 Å². The predicted octanol–water partition coefficient (Wildman–Crippen LogP) is 5.18. The summed E-state index contributed by atoms with van der Waals surface area (Å²) in [7, 11) is 0. The first kappa shape index (κ1) is 14.8. The quantitative estimate of drug-likeness (QED) is 0.475. The zero-order chi connectivity index (χ0) is 14.4. The Morgan fingerprint density at radius 1 is 1.15 bits per heavy atom. The Balaban J connectivity index is 1.90. The van der Waals surface area contributed by atoms with E-state index in [9.17, 15) is 4.39 Å². The number of nitrogens with one attached hydrogen (secondary N) is 1. The molecule has 1 nitrogen and oxygen atoms in total. The van der Waals surface area contributed by atoms with Gasteiger partial charge in [-0.2, -0.15) is 0 Å². The molecule has 0 aliphatic rings. The summed E-state index contributed by atoms with van der Waals surface area (Å²) in [5, 5.41) is 4.89. The number of benzene rings is 2. The molecule has 2 rings (SSSR count). The topological polar surface area (TPSA) is 12.0 Å². The maximum Gasteiger partial charge on any atom is 0.137 e.